The van der Waals surface area contributed by atoms with E-state index in [1.165, 1.54) is 4.90 Å². The molecule has 1 heterocycles. The van der Waals surface area contributed by atoms with Gasteiger partial charge in [-0.3, -0.25) is 4.90 Å². The zero-order chi connectivity index (χ0) is 13.1. The van der Waals surface area contributed by atoms with Gasteiger partial charge in [-0.05, 0) is 12.0 Å². The molecule has 1 aliphatic rings. The molecule has 1 aliphatic heterocycles. The summed E-state index contributed by atoms with van der Waals surface area (Å²) in [6.45, 7) is 2.06. The number of amides is 1. The first kappa shape index (κ1) is 12.4. The van der Waals surface area contributed by atoms with E-state index in [-0.39, 0.29) is 6.54 Å². The number of carbonyl (C=O) groups excluding carboxylic acids is 1. The number of hydrogen-bond donors (Lipinski definition) is 1. The van der Waals surface area contributed by atoms with Gasteiger partial charge in [0.1, 0.15) is 6.10 Å². The van der Waals surface area contributed by atoms with Crippen molar-refractivity contribution in [1.29, 1.82) is 0 Å². The Labute approximate surface area is 105 Å². The van der Waals surface area contributed by atoms with Gasteiger partial charge in [0.25, 0.3) is 0 Å². The van der Waals surface area contributed by atoms with Gasteiger partial charge in [-0.25, -0.2) is 9.59 Å². The summed E-state index contributed by atoms with van der Waals surface area (Å²) in [5.74, 6) is -1.02. The van der Waals surface area contributed by atoms with Gasteiger partial charge >= 0.3 is 12.1 Å². The lowest BCUT2D eigenvalue weighted by Gasteiger charge is -2.20. The Hall–Kier alpha value is -2.04. The number of benzene rings is 1. The van der Waals surface area contributed by atoms with Crippen molar-refractivity contribution in [3.8, 4) is 0 Å². The van der Waals surface area contributed by atoms with Gasteiger partial charge in [-0.15, -0.1) is 0 Å². The minimum atomic E-state index is -1.02. The standard InChI is InChI=1S/C13H15NO4/c1-2-10-11(12(15)16)14(13(17)18-10)8-9-6-4-3-5-7-9/h3-7,10-11H,2,8H2,1H3,(H,15,16)/t10-,11+/m0/s1. The van der Waals surface area contributed by atoms with Crippen LogP contribution in [0.3, 0.4) is 0 Å². The highest BCUT2D eigenvalue weighted by molar-refractivity contribution is 5.83. The smallest absolute Gasteiger partial charge is 0.411 e. The molecule has 96 valence electrons. The summed E-state index contributed by atoms with van der Waals surface area (Å²) in [7, 11) is 0. The van der Waals surface area contributed by atoms with Crippen LogP contribution in [0.15, 0.2) is 30.3 Å². The molecule has 5 nitrogen and oxygen atoms in total. The number of carboxylic acid groups (broad SMARTS) is 1. The molecule has 0 aliphatic carbocycles. The molecule has 2 atom stereocenters. The van der Waals surface area contributed by atoms with E-state index in [0.29, 0.717) is 6.42 Å². The molecule has 2 rings (SSSR count). The minimum absolute atomic E-state index is 0.257. The molecule has 0 radical (unpaired) electrons. The molecule has 1 amide bonds. The van der Waals surface area contributed by atoms with Crippen molar-refractivity contribution in [2.45, 2.75) is 32.0 Å². The topological polar surface area (TPSA) is 66.8 Å². The highest BCUT2D eigenvalue weighted by atomic mass is 16.6. The quantitative estimate of drug-likeness (QED) is 0.884. The zero-order valence-corrected chi connectivity index (χ0v) is 10.1. The Bertz CT molecular complexity index is 446. The van der Waals surface area contributed by atoms with Gasteiger partial charge in [-0.2, -0.15) is 0 Å². The fourth-order valence-corrected chi connectivity index (χ4v) is 2.12. The molecule has 5 heteroatoms. The van der Waals surface area contributed by atoms with Gasteiger partial charge in [0, 0.05) is 0 Å². The van der Waals surface area contributed by atoms with Gasteiger partial charge in [-0.1, -0.05) is 37.3 Å². The van der Waals surface area contributed by atoms with Gasteiger partial charge in [0.2, 0.25) is 0 Å². The first-order valence-electron chi connectivity index (χ1n) is 5.87. The maximum atomic E-state index is 11.7. The second-order valence-corrected chi connectivity index (χ2v) is 4.23. The highest BCUT2D eigenvalue weighted by Crippen LogP contribution is 2.24. The molecule has 0 bridgehead atoms. The van der Waals surface area contributed by atoms with Gasteiger partial charge in [0.15, 0.2) is 6.04 Å². The average molecular weight is 249 g/mol. The van der Waals surface area contributed by atoms with Crippen LogP contribution in [-0.2, 0) is 16.1 Å². The lowest BCUT2D eigenvalue weighted by Crippen LogP contribution is -2.42. The monoisotopic (exact) mass is 249 g/mol. The summed E-state index contributed by atoms with van der Waals surface area (Å²) < 4.78 is 5.08. The van der Waals surface area contributed by atoms with Gasteiger partial charge in [0.05, 0.1) is 6.54 Å². The summed E-state index contributed by atoms with van der Waals surface area (Å²) >= 11 is 0. The fourth-order valence-electron chi connectivity index (χ4n) is 2.12. The summed E-state index contributed by atoms with van der Waals surface area (Å²) in [4.78, 5) is 24.2. The number of ether oxygens (including phenoxy) is 1. The largest absolute Gasteiger partial charge is 0.480 e. The zero-order valence-electron chi connectivity index (χ0n) is 10.1. The molecule has 0 spiro atoms. The van der Waals surface area contributed by atoms with Crippen LogP contribution < -0.4 is 0 Å². The number of carboxylic acids is 1. The van der Waals surface area contributed by atoms with E-state index in [2.05, 4.69) is 0 Å². The Balaban J connectivity index is 2.19. The van der Waals surface area contributed by atoms with Crippen molar-refractivity contribution in [3.05, 3.63) is 35.9 Å². The Morgan fingerprint density at radius 1 is 1.39 bits per heavy atom. The lowest BCUT2D eigenvalue weighted by atomic mass is 10.1. The molecule has 18 heavy (non-hydrogen) atoms. The normalized spacial score (nSPS) is 22.9. The van der Waals surface area contributed by atoms with Crippen LogP contribution in [-0.4, -0.2) is 34.2 Å². The van der Waals surface area contributed by atoms with Crippen LogP contribution in [0, 0.1) is 0 Å². The number of carbonyl (C=O) groups is 2. The first-order chi connectivity index (χ1) is 8.63. The summed E-state index contributed by atoms with van der Waals surface area (Å²) in [6, 6.07) is 8.38. The van der Waals surface area contributed by atoms with Crippen LogP contribution in [0.4, 0.5) is 4.79 Å². The third kappa shape index (κ3) is 2.30. The molecular formula is C13H15NO4. The van der Waals surface area contributed by atoms with Crippen molar-refractivity contribution < 1.29 is 19.4 Å². The summed E-state index contributed by atoms with van der Waals surface area (Å²) in [5.41, 5.74) is 0.887. The molecular weight excluding hydrogens is 234 g/mol. The second-order valence-electron chi connectivity index (χ2n) is 4.23. The third-order valence-electron chi connectivity index (χ3n) is 3.03. The average Bonchev–Trinajstić information content (AvgIpc) is 2.67. The van der Waals surface area contributed by atoms with E-state index in [0.717, 1.165) is 5.56 Å². The number of rotatable bonds is 4. The van der Waals surface area contributed by atoms with Crippen molar-refractivity contribution in [2.24, 2.45) is 0 Å². The number of cyclic esters (lactones) is 1. The Morgan fingerprint density at radius 3 is 2.61 bits per heavy atom. The fraction of sp³-hybridized carbons (Fsp3) is 0.385. The van der Waals surface area contributed by atoms with Gasteiger partial charge < -0.3 is 9.84 Å². The molecule has 1 N–H and O–H groups in total. The van der Waals surface area contributed by atoms with Crippen LogP contribution in [0.1, 0.15) is 18.9 Å². The van der Waals surface area contributed by atoms with E-state index >= 15 is 0 Å². The summed E-state index contributed by atoms with van der Waals surface area (Å²) in [5, 5.41) is 9.21. The van der Waals surface area contributed by atoms with Crippen LogP contribution in [0.2, 0.25) is 0 Å². The number of nitrogens with zero attached hydrogens (tertiary/aromatic N) is 1. The predicted molar refractivity (Wildman–Crippen MR) is 64.0 cm³/mol. The molecule has 0 unspecified atom stereocenters. The van der Waals surface area contributed by atoms with E-state index in [4.69, 9.17) is 4.74 Å². The number of aliphatic carboxylic acids is 1. The van der Waals surface area contributed by atoms with E-state index in [1.54, 1.807) is 6.92 Å². The first-order valence-corrected chi connectivity index (χ1v) is 5.87. The van der Waals surface area contributed by atoms with E-state index in [9.17, 15) is 14.7 Å². The van der Waals surface area contributed by atoms with E-state index < -0.39 is 24.2 Å². The van der Waals surface area contributed by atoms with Crippen LogP contribution in [0.25, 0.3) is 0 Å². The van der Waals surface area contributed by atoms with Crippen molar-refractivity contribution in [2.75, 3.05) is 0 Å². The predicted octanol–water partition coefficient (Wildman–Crippen LogP) is 1.87. The minimum Gasteiger partial charge on any atom is -0.480 e. The van der Waals surface area contributed by atoms with Crippen molar-refractivity contribution in [1.82, 2.24) is 4.90 Å². The van der Waals surface area contributed by atoms with E-state index in [1.807, 2.05) is 30.3 Å². The Morgan fingerprint density at radius 2 is 2.06 bits per heavy atom. The Kier molecular flexibility index (Phi) is 3.50. The van der Waals surface area contributed by atoms with Crippen LogP contribution >= 0.6 is 0 Å². The molecule has 0 saturated carbocycles. The lowest BCUT2D eigenvalue weighted by molar-refractivity contribution is -0.143. The molecule has 1 saturated heterocycles. The maximum Gasteiger partial charge on any atom is 0.411 e. The molecule has 1 aromatic carbocycles. The van der Waals surface area contributed by atoms with Crippen LogP contribution in [0.5, 0.6) is 0 Å². The second kappa shape index (κ2) is 5.08. The molecule has 1 aromatic rings. The van der Waals surface area contributed by atoms with Crippen molar-refractivity contribution >= 4 is 12.1 Å². The van der Waals surface area contributed by atoms with Crippen molar-refractivity contribution in [3.63, 3.8) is 0 Å². The third-order valence-corrected chi connectivity index (χ3v) is 3.03. The SMILES string of the molecule is CC[C@@H]1OC(=O)N(Cc2ccccc2)[C@H]1C(=O)O. The molecule has 1 fully saturated rings. The highest BCUT2D eigenvalue weighted by Gasteiger charge is 2.45. The molecule has 0 aromatic heterocycles. The summed E-state index contributed by atoms with van der Waals surface area (Å²) in [6.07, 6.45) is -0.634. The maximum absolute atomic E-state index is 11.7. The number of hydrogen-bond acceptors (Lipinski definition) is 3.